The van der Waals surface area contributed by atoms with Crippen molar-refractivity contribution in [2.45, 2.75) is 39.8 Å². The van der Waals surface area contributed by atoms with Gasteiger partial charge < -0.3 is 10.8 Å². The Labute approximate surface area is 57.1 Å². The van der Waals surface area contributed by atoms with Crippen LogP contribution < -0.4 is 5.73 Å². The van der Waals surface area contributed by atoms with Gasteiger partial charge in [0, 0.05) is 6.04 Å². The van der Waals surface area contributed by atoms with Crippen LogP contribution >= 0.6 is 0 Å². The highest BCUT2D eigenvalue weighted by molar-refractivity contribution is 4.78. The van der Waals surface area contributed by atoms with Gasteiger partial charge in [-0.2, -0.15) is 0 Å². The number of aliphatic hydroxyl groups is 1. The van der Waals surface area contributed by atoms with Crippen LogP contribution in [0.4, 0.5) is 0 Å². The summed E-state index contributed by atoms with van der Waals surface area (Å²) in [5, 5.41) is 9.34. The van der Waals surface area contributed by atoms with E-state index < -0.39 is 6.10 Å². The summed E-state index contributed by atoms with van der Waals surface area (Å²) in [6, 6.07) is -0.134. The third-order valence-corrected chi connectivity index (χ3v) is 1.39. The van der Waals surface area contributed by atoms with Crippen molar-refractivity contribution in [3.05, 3.63) is 0 Å². The highest BCUT2D eigenvalue weighted by atomic mass is 16.3. The Morgan fingerprint density at radius 2 is 1.67 bits per heavy atom. The molecule has 9 heavy (non-hydrogen) atoms. The van der Waals surface area contributed by atoms with E-state index in [1.165, 1.54) is 0 Å². The first-order valence-corrected chi connectivity index (χ1v) is 3.29. The van der Waals surface area contributed by atoms with Gasteiger partial charge in [0.05, 0.1) is 6.10 Å². The topological polar surface area (TPSA) is 46.2 Å². The van der Waals surface area contributed by atoms with Crippen LogP contribution in [0.1, 0.15) is 27.7 Å². The van der Waals surface area contributed by atoms with Gasteiger partial charge in [-0.25, -0.2) is 0 Å². The summed E-state index contributed by atoms with van der Waals surface area (Å²) in [6.45, 7) is 7.74. The fourth-order valence-electron chi connectivity index (χ4n) is 0.789. The summed E-state index contributed by atoms with van der Waals surface area (Å²) in [6.07, 6.45) is -0.405. The SMILES string of the molecule is CC(N)[C@@H](O)C(C)(C)C. The van der Waals surface area contributed by atoms with Crippen molar-refractivity contribution < 1.29 is 5.11 Å². The molecule has 0 rings (SSSR count). The summed E-state index contributed by atoms with van der Waals surface area (Å²) in [5.74, 6) is 0. The predicted octanol–water partition coefficient (Wildman–Crippen LogP) is 0.741. The van der Waals surface area contributed by atoms with Crippen molar-refractivity contribution in [2.75, 3.05) is 0 Å². The lowest BCUT2D eigenvalue weighted by molar-refractivity contribution is 0.0455. The van der Waals surface area contributed by atoms with Crippen molar-refractivity contribution in [1.29, 1.82) is 0 Å². The second-order valence-corrected chi connectivity index (χ2v) is 3.67. The lowest BCUT2D eigenvalue weighted by Gasteiger charge is -2.28. The first kappa shape index (κ1) is 8.92. The van der Waals surface area contributed by atoms with Crippen LogP contribution in [0.2, 0.25) is 0 Å². The zero-order valence-corrected chi connectivity index (χ0v) is 6.68. The van der Waals surface area contributed by atoms with Crippen LogP contribution in [0.15, 0.2) is 0 Å². The van der Waals surface area contributed by atoms with Gasteiger partial charge in [-0.1, -0.05) is 20.8 Å². The molecule has 0 aliphatic carbocycles. The summed E-state index contributed by atoms with van der Waals surface area (Å²) in [4.78, 5) is 0. The average Bonchev–Trinajstić information content (AvgIpc) is 1.62. The minimum Gasteiger partial charge on any atom is -0.391 e. The van der Waals surface area contributed by atoms with Crippen molar-refractivity contribution in [2.24, 2.45) is 11.1 Å². The molecule has 0 aromatic rings. The van der Waals surface area contributed by atoms with E-state index in [9.17, 15) is 5.11 Å². The number of nitrogens with two attached hydrogens (primary N) is 1. The number of hydrogen-bond donors (Lipinski definition) is 2. The molecule has 0 fully saturated rings. The zero-order valence-electron chi connectivity index (χ0n) is 6.68. The molecule has 0 bridgehead atoms. The van der Waals surface area contributed by atoms with Crippen LogP contribution in [-0.2, 0) is 0 Å². The van der Waals surface area contributed by atoms with Crippen molar-refractivity contribution in [3.8, 4) is 0 Å². The third kappa shape index (κ3) is 2.82. The van der Waals surface area contributed by atoms with Crippen LogP contribution in [0, 0.1) is 5.41 Å². The minimum absolute atomic E-state index is 0.0891. The Morgan fingerprint density at radius 3 is 1.67 bits per heavy atom. The average molecular weight is 131 g/mol. The molecule has 0 aliphatic heterocycles. The maximum atomic E-state index is 9.34. The second kappa shape index (κ2) is 2.67. The number of hydrogen-bond acceptors (Lipinski definition) is 2. The molecule has 0 aromatic heterocycles. The van der Waals surface area contributed by atoms with E-state index in [0.29, 0.717) is 0 Å². The van der Waals surface area contributed by atoms with E-state index in [4.69, 9.17) is 5.73 Å². The maximum absolute atomic E-state index is 9.34. The molecular weight excluding hydrogens is 114 g/mol. The fourth-order valence-corrected chi connectivity index (χ4v) is 0.789. The van der Waals surface area contributed by atoms with Gasteiger partial charge in [-0.15, -0.1) is 0 Å². The lowest BCUT2D eigenvalue weighted by Crippen LogP contribution is -2.41. The molecule has 1 unspecified atom stereocenters. The van der Waals surface area contributed by atoms with Crippen molar-refractivity contribution in [3.63, 3.8) is 0 Å². The minimum atomic E-state index is -0.405. The summed E-state index contributed by atoms with van der Waals surface area (Å²) >= 11 is 0. The van der Waals surface area contributed by atoms with Crippen molar-refractivity contribution >= 4 is 0 Å². The van der Waals surface area contributed by atoms with Crippen LogP contribution in [0.3, 0.4) is 0 Å². The normalized spacial score (nSPS) is 19.3. The zero-order chi connectivity index (χ0) is 7.65. The molecule has 0 spiro atoms. The highest BCUT2D eigenvalue weighted by Crippen LogP contribution is 2.20. The Hall–Kier alpha value is -0.0800. The van der Waals surface area contributed by atoms with E-state index in [2.05, 4.69) is 0 Å². The molecule has 56 valence electrons. The first-order valence-electron chi connectivity index (χ1n) is 3.29. The van der Waals surface area contributed by atoms with Gasteiger partial charge in [0.15, 0.2) is 0 Å². The van der Waals surface area contributed by atoms with Gasteiger partial charge in [0.2, 0.25) is 0 Å². The van der Waals surface area contributed by atoms with Gasteiger partial charge in [-0.05, 0) is 12.3 Å². The van der Waals surface area contributed by atoms with Gasteiger partial charge in [0.25, 0.3) is 0 Å². The molecule has 0 saturated carbocycles. The monoisotopic (exact) mass is 131 g/mol. The van der Waals surface area contributed by atoms with Crippen molar-refractivity contribution in [1.82, 2.24) is 0 Å². The lowest BCUT2D eigenvalue weighted by atomic mass is 9.86. The van der Waals surface area contributed by atoms with E-state index in [1.807, 2.05) is 27.7 Å². The van der Waals surface area contributed by atoms with E-state index in [-0.39, 0.29) is 11.5 Å². The molecule has 0 radical (unpaired) electrons. The second-order valence-electron chi connectivity index (χ2n) is 3.67. The van der Waals surface area contributed by atoms with Crippen LogP contribution in [-0.4, -0.2) is 17.3 Å². The summed E-state index contributed by atoms with van der Waals surface area (Å²) in [7, 11) is 0. The van der Waals surface area contributed by atoms with Gasteiger partial charge in [-0.3, -0.25) is 0 Å². The number of rotatable bonds is 1. The highest BCUT2D eigenvalue weighted by Gasteiger charge is 2.24. The van der Waals surface area contributed by atoms with E-state index >= 15 is 0 Å². The predicted molar refractivity (Wildman–Crippen MR) is 39.1 cm³/mol. The molecule has 0 heterocycles. The third-order valence-electron chi connectivity index (χ3n) is 1.39. The quantitative estimate of drug-likeness (QED) is 0.551. The van der Waals surface area contributed by atoms with Gasteiger partial charge >= 0.3 is 0 Å². The molecule has 2 heteroatoms. The number of aliphatic hydroxyl groups excluding tert-OH is 1. The first-order chi connectivity index (χ1) is 3.85. The Morgan fingerprint density at radius 1 is 1.33 bits per heavy atom. The Balaban J connectivity index is 3.88. The van der Waals surface area contributed by atoms with Gasteiger partial charge in [0.1, 0.15) is 0 Å². The van der Waals surface area contributed by atoms with Crippen LogP contribution in [0.25, 0.3) is 0 Å². The Bertz CT molecular complexity index is 83.4. The molecule has 0 aromatic carbocycles. The fraction of sp³-hybridized carbons (Fsp3) is 1.00. The molecule has 0 aliphatic rings. The molecular formula is C7H17NO. The standard InChI is InChI=1S/C7H17NO/c1-5(8)6(9)7(2,3)4/h5-6,9H,8H2,1-4H3/t5?,6-/m1/s1. The Kier molecular flexibility index (Phi) is 2.65. The molecule has 0 amide bonds. The largest absolute Gasteiger partial charge is 0.391 e. The molecule has 0 saturated heterocycles. The molecule has 2 nitrogen and oxygen atoms in total. The van der Waals surface area contributed by atoms with E-state index in [1.54, 1.807) is 0 Å². The molecule has 2 atom stereocenters. The summed E-state index contributed by atoms with van der Waals surface area (Å²) in [5.41, 5.74) is 5.38. The maximum Gasteiger partial charge on any atom is 0.0736 e. The van der Waals surface area contributed by atoms with E-state index in [0.717, 1.165) is 0 Å². The smallest absolute Gasteiger partial charge is 0.0736 e. The molecule has 3 N–H and O–H groups in total. The summed E-state index contributed by atoms with van der Waals surface area (Å²) < 4.78 is 0. The van der Waals surface area contributed by atoms with Crippen LogP contribution in [0.5, 0.6) is 0 Å².